The molecule has 6 heteroatoms. The first-order valence-corrected chi connectivity index (χ1v) is 8.64. The van der Waals surface area contributed by atoms with Crippen molar-refractivity contribution in [1.29, 1.82) is 0 Å². The maximum Gasteiger partial charge on any atom is 0.335 e. The van der Waals surface area contributed by atoms with Crippen LogP contribution < -0.4 is 10.2 Å². The Kier molecular flexibility index (Phi) is 5.21. The summed E-state index contributed by atoms with van der Waals surface area (Å²) < 4.78 is 13.9. The van der Waals surface area contributed by atoms with Gasteiger partial charge in [-0.3, -0.25) is 4.79 Å². The molecule has 2 aromatic rings. The van der Waals surface area contributed by atoms with E-state index in [0.29, 0.717) is 11.6 Å². The molecule has 0 radical (unpaired) electrons. The van der Waals surface area contributed by atoms with E-state index in [-0.39, 0.29) is 11.1 Å². The van der Waals surface area contributed by atoms with E-state index in [1.54, 1.807) is 12.1 Å². The van der Waals surface area contributed by atoms with Crippen molar-refractivity contribution in [2.24, 2.45) is 5.92 Å². The molecule has 1 atom stereocenters. The van der Waals surface area contributed by atoms with E-state index < -0.39 is 17.7 Å². The minimum Gasteiger partial charge on any atom is -0.478 e. The van der Waals surface area contributed by atoms with Crippen LogP contribution in [0.2, 0.25) is 0 Å². The summed E-state index contributed by atoms with van der Waals surface area (Å²) in [6.45, 7) is 3.82. The number of nitrogens with one attached hydrogen (secondary N) is 1. The first-order valence-electron chi connectivity index (χ1n) is 8.64. The zero-order valence-electron chi connectivity index (χ0n) is 14.5. The number of anilines is 2. The van der Waals surface area contributed by atoms with E-state index in [2.05, 4.69) is 17.1 Å². The maximum absolute atomic E-state index is 13.9. The topological polar surface area (TPSA) is 69.6 Å². The van der Waals surface area contributed by atoms with E-state index in [4.69, 9.17) is 0 Å². The number of nitrogens with zero attached hydrogens (tertiary/aromatic N) is 1. The number of benzene rings is 2. The average Bonchev–Trinajstić information content (AvgIpc) is 2.62. The summed E-state index contributed by atoms with van der Waals surface area (Å²) in [6, 6.07) is 10.4. The lowest BCUT2D eigenvalue weighted by atomic mass is 9.99. The molecule has 136 valence electrons. The van der Waals surface area contributed by atoms with Crippen LogP contribution in [0.1, 0.15) is 40.5 Å². The van der Waals surface area contributed by atoms with Crippen molar-refractivity contribution >= 4 is 23.3 Å². The normalized spacial score (nSPS) is 17.0. The Labute approximate surface area is 151 Å². The van der Waals surface area contributed by atoms with Crippen LogP contribution in [-0.2, 0) is 0 Å². The van der Waals surface area contributed by atoms with Crippen LogP contribution in [0, 0.1) is 11.7 Å². The molecular formula is C20H21FN2O3. The summed E-state index contributed by atoms with van der Waals surface area (Å²) in [6.07, 6.45) is 2.17. The summed E-state index contributed by atoms with van der Waals surface area (Å²) >= 11 is 0. The number of rotatable bonds is 4. The molecule has 5 nitrogen and oxygen atoms in total. The van der Waals surface area contributed by atoms with E-state index >= 15 is 0 Å². The summed E-state index contributed by atoms with van der Waals surface area (Å²) in [4.78, 5) is 26.0. The van der Waals surface area contributed by atoms with Crippen LogP contribution in [0.3, 0.4) is 0 Å². The molecule has 1 amide bonds. The number of amides is 1. The van der Waals surface area contributed by atoms with Gasteiger partial charge in [0.25, 0.3) is 5.91 Å². The summed E-state index contributed by atoms with van der Waals surface area (Å²) in [5.74, 6) is -1.78. The van der Waals surface area contributed by atoms with Crippen LogP contribution in [0.4, 0.5) is 15.8 Å². The van der Waals surface area contributed by atoms with E-state index in [9.17, 15) is 19.1 Å². The zero-order valence-corrected chi connectivity index (χ0v) is 14.5. The number of hydrogen-bond acceptors (Lipinski definition) is 3. The summed E-state index contributed by atoms with van der Waals surface area (Å²) in [5, 5.41) is 12.0. The average molecular weight is 356 g/mol. The Morgan fingerprint density at radius 3 is 2.69 bits per heavy atom. The molecule has 1 aliphatic rings. The van der Waals surface area contributed by atoms with Gasteiger partial charge in [0.05, 0.1) is 22.5 Å². The first-order chi connectivity index (χ1) is 12.5. The van der Waals surface area contributed by atoms with E-state index in [1.807, 2.05) is 0 Å². The Hall–Kier alpha value is -2.89. The molecule has 0 spiro atoms. The molecule has 1 aliphatic heterocycles. The van der Waals surface area contributed by atoms with Crippen molar-refractivity contribution in [2.45, 2.75) is 19.8 Å². The van der Waals surface area contributed by atoms with Crippen LogP contribution in [-0.4, -0.2) is 30.1 Å². The molecule has 1 unspecified atom stereocenters. The van der Waals surface area contributed by atoms with E-state index in [1.165, 1.54) is 30.3 Å². The number of hydrogen-bond donors (Lipinski definition) is 2. The molecule has 26 heavy (non-hydrogen) atoms. The van der Waals surface area contributed by atoms with Crippen LogP contribution in [0.25, 0.3) is 0 Å². The molecule has 1 heterocycles. The van der Waals surface area contributed by atoms with Crippen LogP contribution in [0.15, 0.2) is 42.5 Å². The summed E-state index contributed by atoms with van der Waals surface area (Å²) in [7, 11) is 0. The number of aromatic carboxylic acids is 1. The van der Waals surface area contributed by atoms with Crippen molar-refractivity contribution in [3.63, 3.8) is 0 Å². The fourth-order valence-corrected chi connectivity index (χ4v) is 3.29. The van der Waals surface area contributed by atoms with Crippen molar-refractivity contribution in [2.75, 3.05) is 23.3 Å². The second-order valence-corrected chi connectivity index (χ2v) is 6.66. The van der Waals surface area contributed by atoms with Crippen molar-refractivity contribution in [3.8, 4) is 0 Å². The predicted molar refractivity (Wildman–Crippen MR) is 98.4 cm³/mol. The molecule has 0 aromatic heterocycles. The number of piperidine rings is 1. The minimum atomic E-state index is -1.08. The van der Waals surface area contributed by atoms with Gasteiger partial charge < -0.3 is 15.3 Å². The van der Waals surface area contributed by atoms with Gasteiger partial charge in [-0.2, -0.15) is 0 Å². The van der Waals surface area contributed by atoms with Gasteiger partial charge in [0, 0.05) is 13.1 Å². The molecule has 1 fully saturated rings. The quantitative estimate of drug-likeness (QED) is 0.868. The number of carboxylic acid groups (broad SMARTS) is 1. The van der Waals surface area contributed by atoms with Crippen molar-refractivity contribution < 1.29 is 19.1 Å². The van der Waals surface area contributed by atoms with Gasteiger partial charge >= 0.3 is 5.97 Å². The van der Waals surface area contributed by atoms with E-state index in [0.717, 1.165) is 31.6 Å². The molecule has 0 aliphatic carbocycles. The van der Waals surface area contributed by atoms with Gasteiger partial charge in [0.1, 0.15) is 5.82 Å². The third kappa shape index (κ3) is 3.85. The number of carboxylic acids is 1. The predicted octanol–water partition coefficient (Wildman–Crippen LogP) is 4.01. The van der Waals surface area contributed by atoms with Crippen molar-refractivity contribution in [1.82, 2.24) is 0 Å². The molecule has 0 bridgehead atoms. The van der Waals surface area contributed by atoms with Gasteiger partial charge in [-0.1, -0.05) is 19.1 Å². The highest BCUT2D eigenvalue weighted by molar-refractivity contribution is 6.07. The highest BCUT2D eigenvalue weighted by Crippen LogP contribution is 2.31. The van der Waals surface area contributed by atoms with Crippen LogP contribution in [0.5, 0.6) is 0 Å². The monoisotopic (exact) mass is 356 g/mol. The summed E-state index contributed by atoms with van der Waals surface area (Å²) in [5.41, 5.74) is 1.13. The van der Waals surface area contributed by atoms with Gasteiger partial charge in [-0.05, 0) is 49.1 Å². The molecule has 2 N–H and O–H groups in total. The smallest absolute Gasteiger partial charge is 0.335 e. The third-order valence-electron chi connectivity index (χ3n) is 4.61. The largest absolute Gasteiger partial charge is 0.478 e. The second-order valence-electron chi connectivity index (χ2n) is 6.66. The zero-order chi connectivity index (χ0) is 18.7. The minimum absolute atomic E-state index is 0.0719. The Morgan fingerprint density at radius 1 is 1.23 bits per heavy atom. The molecular weight excluding hydrogens is 335 g/mol. The maximum atomic E-state index is 13.9. The molecule has 0 saturated carbocycles. The SMILES string of the molecule is CC1CCCN(c2ccc(C(=O)O)cc2NC(=O)c2ccccc2F)C1. The third-order valence-corrected chi connectivity index (χ3v) is 4.61. The highest BCUT2D eigenvalue weighted by Gasteiger charge is 2.21. The van der Waals surface area contributed by atoms with Gasteiger partial charge in [0.15, 0.2) is 0 Å². The Balaban J connectivity index is 1.95. The lowest BCUT2D eigenvalue weighted by Gasteiger charge is -2.34. The van der Waals surface area contributed by atoms with Crippen molar-refractivity contribution in [3.05, 3.63) is 59.4 Å². The highest BCUT2D eigenvalue weighted by atomic mass is 19.1. The Morgan fingerprint density at radius 2 is 2.00 bits per heavy atom. The number of carbonyl (C=O) groups is 2. The molecule has 3 rings (SSSR count). The molecule has 1 saturated heterocycles. The fraction of sp³-hybridized carbons (Fsp3) is 0.300. The van der Waals surface area contributed by atoms with Gasteiger partial charge in [-0.15, -0.1) is 0 Å². The lowest BCUT2D eigenvalue weighted by Crippen LogP contribution is -2.35. The molecule has 2 aromatic carbocycles. The second kappa shape index (κ2) is 7.56. The first kappa shape index (κ1) is 17.9. The van der Waals surface area contributed by atoms with Gasteiger partial charge in [-0.25, -0.2) is 9.18 Å². The lowest BCUT2D eigenvalue weighted by molar-refractivity contribution is 0.0696. The van der Waals surface area contributed by atoms with Crippen LogP contribution >= 0.6 is 0 Å². The standard InChI is InChI=1S/C20H21FN2O3/c1-13-5-4-10-23(12-13)18-9-8-14(20(25)26)11-17(18)22-19(24)15-6-2-3-7-16(15)21/h2-3,6-9,11,13H,4-5,10,12H2,1H3,(H,22,24)(H,25,26). The van der Waals surface area contributed by atoms with Gasteiger partial charge in [0.2, 0.25) is 0 Å². The number of halogens is 1. The number of carbonyl (C=O) groups excluding carboxylic acids is 1. The fourth-order valence-electron chi connectivity index (χ4n) is 3.29. The Bertz CT molecular complexity index is 838.